The Morgan fingerprint density at radius 3 is 2.29 bits per heavy atom. The molecule has 1 saturated heterocycles. The Morgan fingerprint density at radius 1 is 1.35 bits per heavy atom. The van der Waals surface area contributed by atoms with Crippen molar-refractivity contribution in [2.24, 2.45) is 5.92 Å². The first kappa shape index (κ1) is 14.0. The summed E-state index contributed by atoms with van der Waals surface area (Å²) in [5.41, 5.74) is -0.635. The molecule has 1 rings (SSSR count). The number of carbonyl (C=O) groups is 2. The highest BCUT2D eigenvalue weighted by atomic mass is 16.6. The van der Waals surface area contributed by atoms with Crippen molar-refractivity contribution in [2.45, 2.75) is 58.9 Å². The van der Waals surface area contributed by atoms with Crippen LogP contribution in [0.15, 0.2) is 0 Å². The number of ether oxygens (including phenoxy) is 1. The smallest absolute Gasteiger partial charge is 0.412 e. The van der Waals surface area contributed by atoms with Crippen LogP contribution in [0.2, 0.25) is 0 Å². The van der Waals surface area contributed by atoms with E-state index in [9.17, 15) is 14.7 Å². The first-order valence-electron chi connectivity index (χ1n) is 5.83. The van der Waals surface area contributed by atoms with E-state index in [1.807, 2.05) is 6.92 Å². The van der Waals surface area contributed by atoms with Crippen LogP contribution in [0, 0.1) is 5.92 Å². The Bertz CT molecular complexity index is 321. The number of aliphatic hydroxyl groups is 1. The Balaban J connectivity index is 2.85. The van der Waals surface area contributed by atoms with Crippen LogP contribution in [-0.2, 0) is 9.53 Å². The predicted molar refractivity (Wildman–Crippen MR) is 62.3 cm³/mol. The topological polar surface area (TPSA) is 66.8 Å². The van der Waals surface area contributed by atoms with Gasteiger partial charge in [-0.05, 0) is 34.1 Å². The third-order valence-corrected chi connectivity index (χ3v) is 2.80. The SMILES string of the molecule is CC(=O)[C@@H]1CC(C)C(O)N1C(=O)OC(C)(C)C. The molecule has 17 heavy (non-hydrogen) atoms. The van der Waals surface area contributed by atoms with Crippen molar-refractivity contribution in [2.75, 3.05) is 0 Å². The van der Waals surface area contributed by atoms with Gasteiger partial charge in [0.1, 0.15) is 11.8 Å². The number of aliphatic hydroxyl groups excluding tert-OH is 1. The lowest BCUT2D eigenvalue weighted by atomic mass is 10.1. The van der Waals surface area contributed by atoms with E-state index in [1.165, 1.54) is 6.92 Å². The number of ketones is 1. The normalized spacial score (nSPS) is 29.3. The maximum atomic E-state index is 11.9. The molecule has 1 heterocycles. The molecule has 98 valence electrons. The van der Waals surface area contributed by atoms with Crippen molar-refractivity contribution in [3.63, 3.8) is 0 Å². The summed E-state index contributed by atoms with van der Waals surface area (Å²) in [5, 5.41) is 9.92. The van der Waals surface area contributed by atoms with Crippen LogP contribution in [0.3, 0.4) is 0 Å². The van der Waals surface area contributed by atoms with Crippen LogP contribution in [0.4, 0.5) is 4.79 Å². The highest BCUT2D eigenvalue weighted by Gasteiger charge is 2.44. The van der Waals surface area contributed by atoms with Crippen molar-refractivity contribution in [3.8, 4) is 0 Å². The van der Waals surface area contributed by atoms with Gasteiger partial charge in [-0.1, -0.05) is 6.92 Å². The van der Waals surface area contributed by atoms with Gasteiger partial charge < -0.3 is 9.84 Å². The molecule has 0 bridgehead atoms. The molecule has 0 aromatic carbocycles. The summed E-state index contributed by atoms with van der Waals surface area (Å²) >= 11 is 0. The van der Waals surface area contributed by atoms with Crippen LogP contribution in [0.25, 0.3) is 0 Å². The minimum Gasteiger partial charge on any atom is -0.444 e. The lowest BCUT2D eigenvalue weighted by molar-refractivity contribution is -0.123. The minimum absolute atomic E-state index is 0.114. The largest absolute Gasteiger partial charge is 0.444 e. The zero-order chi connectivity index (χ0) is 13.4. The molecule has 0 saturated carbocycles. The molecular weight excluding hydrogens is 222 g/mol. The van der Waals surface area contributed by atoms with Crippen LogP contribution in [0.5, 0.6) is 0 Å². The van der Waals surface area contributed by atoms with Crippen molar-refractivity contribution in [1.29, 1.82) is 0 Å². The molecular formula is C12H21NO4. The molecule has 1 aliphatic rings. The summed E-state index contributed by atoms with van der Waals surface area (Å²) < 4.78 is 5.20. The third-order valence-electron chi connectivity index (χ3n) is 2.80. The Morgan fingerprint density at radius 2 is 1.88 bits per heavy atom. The van der Waals surface area contributed by atoms with E-state index in [0.717, 1.165) is 4.90 Å². The first-order chi connectivity index (χ1) is 7.63. The molecule has 3 atom stereocenters. The van der Waals surface area contributed by atoms with Gasteiger partial charge in [-0.2, -0.15) is 0 Å². The van der Waals surface area contributed by atoms with Crippen molar-refractivity contribution < 1.29 is 19.4 Å². The van der Waals surface area contributed by atoms with E-state index < -0.39 is 24.0 Å². The van der Waals surface area contributed by atoms with Crippen molar-refractivity contribution in [1.82, 2.24) is 4.90 Å². The second kappa shape index (κ2) is 4.64. The summed E-state index contributed by atoms with van der Waals surface area (Å²) in [5.74, 6) is -0.240. The van der Waals surface area contributed by atoms with E-state index in [1.54, 1.807) is 20.8 Å². The molecule has 2 unspecified atom stereocenters. The van der Waals surface area contributed by atoms with Gasteiger partial charge in [0.25, 0.3) is 0 Å². The van der Waals surface area contributed by atoms with Gasteiger partial charge in [0.15, 0.2) is 5.78 Å². The lowest BCUT2D eigenvalue weighted by Gasteiger charge is -2.29. The van der Waals surface area contributed by atoms with Crippen molar-refractivity contribution in [3.05, 3.63) is 0 Å². The van der Waals surface area contributed by atoms with Crippen molar-refractivity contribution >= 4 is 11.9 Å². The Hall–Kier alpha value is -1.10. The molecule has 1 N–H and O–H groups in total. The average Bonchev–Trinajstić information content (AvgIpc) is 2.40. The minimum atomic E-state index is -0.946. The third kappa shape index (κ3) is 3.19. The van der Waals surface area contributed by atoms with Crippen LogP contribution in [0.1, 0.15) is 41.0 Å². The molecule has 0 aromatic heterocycles. The van der Waals surface area contributed by atoms with Gasteiger partial charge in [0.2, 0.25) is 0 Å². The lowest BCUT2D eigenvalue weighted by Crippen LogP contribution is -2.47. The standard InChI is InChI=1S/C12H21NO4/c1-7-6-9(8(2)14)13(10(7)15)11(16)17-12(3,4)5/h7,9-10,15H,6H2,1-5H3/t7?,9-,10?/m0/s1. The molecule has 5 heteroatoms. The molecule has 0 aromatic rings. The van der Waals surface area contributed by atoms with E-state index >= 15 is 0 Å². The highest BCUT2D eigenvalue weighted by Crippen LogP contribution is 2.30. The maximum Gasteiger partial charge on any atom is 0.412 e. The molecule has 1 amide bonds. The van der Waals surface area contributed by atoms with Crippen LogP contribution in [-0.4, -0.2) is 39.8 Å². The molecule has 0 radical (unpaired) electrons. The molecule has 0 aliphatic carbocycles. The summed E-state index contributed by atoms with van der Waals surface area (Å²) in [6.07, 6.45) is -1.09. The first-order valence-corrected chi connectivity index (χ1v) is 5.83. The quantitative estimate of drug-likeness (QED) is 0.758. The molecule has 0 spiro atoms. The van der Waals surface area contributed by atoms with E-state index in [4.69, 9.17) is 4.74 Å². The van der Waals surface area contributed by atoms with Gasteiger partial charge in [-0.15, -0.1) is 0 Å². The zero-order valence-corrected chi connectivity index (χ0v) is 11.1. The molecule has 1 fully saturated rings. The van der Waals surface area contributed by atoms with Gasteiger partial charge in [0, 0.05) is 5.92 Å². The predicted octanol–water partition coefficient (Wildman–Crippen LogP) is 1.54. The van der Waals surface area contributed by atoms with E-state index in [2.05, 4.69) is 0 Å². The number of carbonyl (C=O) groups excluding carboxylic acids is 2. The summed E-state index contributed by atoms with van der Waals surface area (Å²) in [6, 6.07) is -0.574. The van der Waals surface area contributed by atoms with Crippen LogP contribution >= 0.6 is 0 Å². The second-order valence-corrected chi connectivity index (χ2v) is 5.64. The fourth-order valence-electron chi connectivity index (χ4n) is 1.96. The summed E-state index contributed by atoms with van der Waals surface area (Å²) in [6.45, 7) is 8.48. The monoisotopic (exact) mass is 243 g/mol. The van der Waals surface area contributed by atoms with Gasteiger partial charge in [0.05, 0.1) is 6.04 Å². The van der Waals surface area contributed by atoms with Crippen LogP contribution < -0.4 is 0 Å². The van der Waals surface area contributed by atoms with Gasteiger partial charge in [-0.25, -0.2) is 4.79 Å². The number of Topliss-reactive ketones (excluding diaryl/α,β-unsaturated/α-hetero) is 1. The number of likely N-dealkylation sites (tertiary alicyclic amines) is 1. The fourth-order valence-corrected chi connectivity index (χ4v) is 1.96. The van der Waals surface area contributed by atoms with Gasteiger partial charge in [-0.3, -0.25) is 9.69 Å². The van der Waals surface area contributed by atoms with E-state index in [0.29, 0.717) is 6.42 Å². The number of hydrogen-bond acceptors (Lipinski definition) is 4. The molecule has 5 nitrogen and oxygen atoms in total. The highest BCUT2D eigenvalue weighted by molar-refractivity contribution is 5.86. The number of rotatable bonds is 1. The van der Waals surface area contributed by atoms with Gasteiger partial charge >= 0.3 is 6.09 Å². The maximum absolute atomic E-state index is 11.9. The summed E-state index contributed by atoms with van der Waals surface area (Å²) in [4.78, 5) is 24.5. The number of hydrogen-bond donors (Lipinski definition) is 1. The van der Waals surface area contributed by atoms with E-state index in [-0.39, 0.29) is 11.7 Å². The second-order valence-electron chi connectivity index (χ2n) is 5.64. The number of amides is 1. The Labute approximate surface area is 102 Å². The summed E-state index contributed by atoms with van der Waals surface area (Å²) in [7, 11) is 0. The number of nitrogens with zero attached hydrogens (tertiary/aromatic N) is 1. The molecule has 1 aliphatic heterocycles. The average molecular weight is 243 g/mol. The fraction of sp³-hybridized carbons (Fsp3) is 0.833. The zero-order valence-electron chi connectivity index (χ0n) is 11.1. The Kier molecular flexibility index (Phi) is 3.81.